The topological polar surface area (TPSA) is 94.8 Å². The number of aromatic nitrogens is 2. The molecule has 1 amide bonds. The summed E-state index contributed by atoms with van der Waals surface area (Å²) in [6.07, 6.45) is 1.24. The fourth-order valence-corrected chi connectivity index (χ4v) is 2.48. The standard InChI is InChI=1S/C16H19N3O5/c1-19-8-11(16(18-19)22-2)15(21)17-6-5-12(20)10-3-4-13-14(7-10)24-9-23-13/h3-4,7-8,12,20H,5-6,9H2,1-2H3,(H,17,21). The van der Waals surface area contributed by atoms with E-state index < -0.39 is 6.10 Å². The molecule has 0 spiro atoms. The first kappa shape index (κ1) is 16.1. The highest BCUT2D eigenvalue weighted by Crippen LogP contribution is 2.34. The number of aliphatic hydroxyl groups excluding tert-OH is 1. The van der Waals surface area contributed by atoms with Crippen molar-refractivity contribution in [3.8, 4) is 17.4 Å². The molecule has 2 aromatic rings. The fraction of sp³-hybridized carbons (Fsp3) is 0.375. The normalized spacial score (nSPS) is 13.6. The maximum absolute atomic E-state index is 12.1. The van der Waals surface area contributed by atoms with E-state index in [2.05, 4.69) is 10.4 Å². The van der Waals surface area contributed by atoms with E-state index in [1.165, 1.54) is 11.8 Å². The van der Waals surface area contributed by atoms with Gasteiger partial charge in [-0.1, -0.05) is 6.07 Å². The van der Waals surface area contributed by atoms with E-state index in [9.17, 15) is 9.90 Å². The number of benzene rings is 1. The second-order valence-electron chi connectivity index (χ2n) is 5.40. The predicted octanol–water partition coefficient (Wildman–Crippen LogP) is 1.01. The number of fused-ring (bicyclic) bond motifs is 1. The molecule has 1 aliphatic heterocycles. The van der Waals surface area contributed by atoms with Crippen molar-refractivity contribution in [3.05, 3.63) is 35.5 Å². The van der Waals surface area contributed by atoms with Crippen molar-refractivity contribution in [1.29, 1.82) is 0 Å². The van der Waals surface area contributed by atoms with E-state index in [-0.39, 0.29) is 18.6 Å². The summed E-state index contributed by atoms with van der Waals surface area (Å²) in [5, 5.41) is 17.0. The number of ether oxygens (including phenoxy) is 3. The van der Waals surface area contributed by atoms with E-state index in [1.807, 2.05) is 0 Å². The van der Waals surface area contributed by atoms with Crippen molar-refractivity contribution >= 4 is 5.91 Å². The molecule has 1 unspecified atom stereocenters. The maximum Gasteiger partial charge on any atom is 0.258 e. The molecule has 2 heterocycles. The minimum atomic E-state index is -0.712. The van der Waals surface area contributed by atoms with Gasteiger partial charge in [0.1, 0.15) is 5.56 Å². The summed E-state index contributed by atoms with van der Waals surface area (Å²) in [7, 11) is 3.17. The Morgan fingerprint density at radius 3 is 3.04 bits per heavy atom. The van der Waals surface area contributed by atoms with Crippen LogP contribution in [0.3, 0.4) is 0 Å². The Labute approximate surface area is 138 Å². The number of amides is 1. The highest BCUT2D eigenvalue weighted by molar-refractivity contribution is 5.96. The van der Waals surface area contributed by atoms with E-state index in [4.69, 9.17) is 14.2 Å². The van der Waals surface area contributed by atoms with Crippen LogP contribution in [0, 0.1) is 0 Å². The number of aliphatic hydroxyl groups is 1. The summed E-state index contributed by atoms with van der Waals surface area (Å²) in [4.78, 5) is 12.1. The van der Waals surface area contributed by atoms with Gasteiger partial charge in [-0.3, -0.25) is 9.48 Å². The minimum absolute atomic E-state index is 0.192. The second-order valence-corrected chi connectivity index (χ2v) is 5.40. The Kier molecular flexibility index (Phi) is 4.57. The van der Waals surface area contributed by atoms with Crippen LogP contribution >= 0.6 is 0 Å². The first-order valence-electron chi connectivity index (χ1n) is 7.52. The smallest absolute Gasteiger partial charge is 0.258 e. The molecular formula is C16H19N3O5. The number of carbonyl (C=O) groups is 1. The molecule has 3 rings (SSSR count). The van der Waals surface area contributed by atoms with E-state index in [1.54, 1.807) is 31.4 Å². The van der Waals surface area contributed by atoms with Gasteiger partial charge < -0.3 is 24.6 Å². The summed E-state index contributed by atoms with van der Waals surface area (Å²) < 4.78 is 17.1. The van der Waals surface area contributed by atoms with Crippen molar-refractivity contribution in [2.24, 2.45) is 7.05 Å². The Balaban J connectivity index is 1.55. The molecule has 1 aromatic heterocycles. The highest BCUT2D eigenvalue weighted by Gasteiger charge is 2.18. The Morgan fingerprint density at radius 2 is 2.25 bits per heavy atom. The number of hydrogen-bond acceptors (Lipinski definition) is 6. The molecular weight excluding hydrogens is 314 g/mol. The number of nitrogens with zero attached hydrogens (tertiary/aromatic N) is 2. The molecule has 8 heteroatoms. The predicted molar refractivity (Wildman–Crippen MR) is 84.2 cm³/mol. The van der Waals surface area contributed by atoms with Crippen molar-refractivity contribution in [1.82, 2.24) is 15.1 Å². The molecule has 1 aliphatic rings. The average Bonchev–Trinajstić information content (AvgIpc) is 3.19. The number of aryl methyl sites for hydroxylation is 1. The van der Waals surface area contributed by atoms with Crippen LogP contribution in [0.1, 0.15) is 28.4 Å². The van der Waals surface area contributed by atoms with E-state index in [0.717, 1.165) is 0 Å². The van der Waals surface area contributed by atoms with Crippen molar-refractivity contribution in [3.63, 3.8) is 0 Å². The number of hydrogen-bond donors (Lipinski definition) is 2. The fourth-order valence-electron chi connectivity index (χ4n) is 2.48. The van der Waals surface area contributed by atoms with Crippen LogP contribution in [0.2, 0.25) is 0 Å². The van der Waals surface area contributed by atoms with Gasteiger partial charge in [-0.05, 0) is 24.1 Å². The molecule has 128 valence electrons. The number of nitrogens with one attached hydrogen (secondary N) is 1. The lowest BCUT2D eigenvalue weighted by Gasteiger charge is -2.12. The zero-order chi connectivity index (χ0) is 17.1. The van der Waals surface area contributed by atoms with Crippen LogP contribution in [-0.4, -0.2) is 41.2 Å². The molecule has 1 aromatic carbocycles. The summed E-state index contributed by atoms with van der Waals surface area (Å²) in [6.45, 7) is 0.504. The van der Waals surface area contributed by atoms with Gasteiger partial charge in [0.25, 0.3) is 5.91 Å². The molecule has 2 N–H and O–H groups in total. The zero-order valence-electron chi connectivity index (χ0n) is 13.5. The second kappa shape index (κ2) is 6.79. The Bertz CT molecular complexity index is 743. The lowest BCUT2D eigenvalue weighted by atomic mass is 10.1. The van der Waals surface area contributed by atoms with Gasteiger partial charge in [-0.15, -0.1) is 5.10 Å². The SMILES string of the molecule is COc1nn(C)cc1C(=O)NCCC(O)c1ccc2c(c1)OCO2. The largest absolute Gasteiger partial charge is 0.479 e. The summed E-state index contributed by atoms with van der Waals surface area (Å²) in [5.41, 5.74) is 1.07. The van der Waals surface area contributed by atoms with Gasteiger partial charge in [-0.2, -0.15) is 0 Å². The third-order valence-corrected chi connectivity index (χ3v) is 3.72. The number of carbonyl (C=O) groups excluding carboxylic acids is 1. The zero-order valence-corrected chi connectivity index (χ0v) is 13.5. The summed E-state index contributed by atoms with van der Waals surface area (Å²) >= 11 is 0. The van der Waals surface area contributed by atoms with Gasteiger partial charge in [0, 0.05) is 19.8 Å². The third kappa shape index (κ3) is 3.28. The van der Waals surface area contributed by atoms with Gasteiger partial charge >= 0.3 is 0 Å². The van der Waals surface area contributed by atoms with Crippen molar-refractivity contribution in [2.75, 3.05) is 20.4 Å². The van der Waals surface area contributed by atoms with Crippen molar-refractivity contribution < 1.29 is 24.1 Å². The monoisotopic (exact) mass is 333 g/mol. The molecule has 0 fully saturated rings. The quantitative estimate of drug-likeness (QED) is 0.819. The Hall–Kier alpha value is -2.74. The molecule has 8 nitrogen and oxygen atoms in total. The lowest BCUT2D eigenvalue weighted by molar-refractivity contribution is 0.0939. The van der Waals surface area contributed by atoms with Gasteiger partial charge in [0.2, 0.25) is 12.7 Å². The molecule has 24 heavy (non-hydrogen) atoms. The maximum atomic E-state index is 12.1. The molecule has 1 atom stereocenters. The summed E-state index contributed by atoms with van der Waals surface area (Å²) in [6, 6.07) is 5.29. The molecule has 0 saturated carbocycles. The minimum Gasteiger partial charge on any atom is -0.479 e. The third-order valence-electron chi connectivity index (χ3n) is 3.72. The van der Waals surface area contributed by atoms with Gasteiger partial charge in [-0.25, -0.2) is 0 Å². The Morgan fingerprint density at radius 1 is 1.46 bits per heavy atom. The van der Waals surface area contributed by atoms with E-state index in [0.29, 0.717) is 35.6 Å². The molecule has 0 aliphatic carbocycles. The van der Waals surface area contributed by atoms with Crippen LogP contribution in [-0.2, 0) is 7.05 Å². The number of methoxy groups -OCH3 is 1. The first-order valence-corrected chi connectivity index (χ1v) is 7.52. The van der Waals surface area contributed by atoms with Crippen LogP contribution in [0.4, 0.5) is 0 Å². The highest BCUT2D eigenvalue weighted by atomic mass is 16.7. The summed E-state index contributed by atoms with van der Waals surface area (Å²) in [5.74, 6) is 1.27. The average molecular weight is 333 g/mol. The van der Waals surface area contributed by atoms with E-state index >= 15 is 0 Å². The number of rotatable bonds is 6. The molecule has 0 bridgehead atoms. The molecule has 0 radical (unpaired) electrons. The van der Waals surface area contributed by atoms with Gasteiger partial charge in [0.05, 0.1) is 13.2 Å². The van der Waals surface area contributed by atoms with Gasteiger partial charge in [0.15, 0.2) is 11.5 Å². The van der Waals surface area contributed by atoms with Crippen LogP contribution < -0.4 is 19.5 Å². The first-order chi connectivity index (χ1) is 11.6. The van der Waals surface area contributed by atoms with Crippen LogP contribution in [0.15, 0.2) is 24.4 Å². The van der Waals surface area contributed by atoms with Crippen LogP contribution in [0.25, 0.3) is 0 Å². The van der Waals surface area contributed by atoms with Crippen LogP contribution in [0.5, 0.6) is 17.4 Å². The molecule has 0 saturated heterocycles. The lowest BCUT2D eigenvalue weighted by Crippen LogP contribution is -2.25. The van der Waals surface area contributed by atoms with Crippen molar-refractivity contribution in [2.45, 2.75) is 12.5 Å².